The molecule has 0 unspecified atom stereocenters. The fraction of sp³-hybridized carbons (Fsp3) is 0.143. The molecule has 0 radical (unpaired) electrons. The first-order valence-corrected chi connectivity index (χ1v) is 8.32. The maximum Gasteiger partial charge on any atom is 0.244 e. The highest BCUT2D eigenvalue weighted by Crippen LogP contribution is 2.36. The Balaban J connectivity index is 2.44. The van der Waals surface area contributed by atoms with Crippen molar-refractivity contribution >= 4 is 27.5 Å². The molecule has 0 saturated carbocycles. The van der Waals surface area contributed by atoms with Gasteiger partial charge in [-0.05, 0) is 30.3 Å². The Hall–Kier alpha value is -1.57. The molecule has 0 spiro atoms. The Morgan fingerprint density at radius 3 is 2.43 bits per heavy atom. The number of halogens is 1. The van der Waals surface area contributed by atoms with E-state index in [4.69, 9.17) is 5.73 Å². The summed E-state index contributed by atoms with van der Waals surface area (Å²) in [6.07, 6.45) is 0. The summed E-state index contributed by atoms with van der Waals surface area (Å²) in [6.45, 7) is 0. The van der Waals surface area contributed by atoms with Crippen LogP contribution in [0.1, 0.15) is 0 Å². The summed E-state index contributed by atoms with van der Waals surface area (Å²) < 4.78 is 38.7. The topological polar surface area (TPSA) is 63.4 Å². The Kier molecular flexibility index (Phi) is 4.55. The van der Waals surface area contributed by atoms with Crippen LogP contribution in [0.25, 0.3) is 0 Å². The molecule has 0 aliphatic carbocycles. The molecule has 2 N–H and O–H groups in total. The van der Waals surface area contributed by atoms with Crippen LogP contribution in [-0.2, 0) is 10.0 Å². The van der Waals surface area contributed by atoms with E-state index in [1.54, 1.807) is 24.3 Å². The van der Waals surface area contributed by atoms with E-state index < -0.39 is 10.0 Å². The minimum atomic E-state index is -3.61. The zero-order valence-corrected chi connectivity index (χ0v) is 13.2. The predicted octanol–water partition coefficient (Wildman–Crippen LogP) is 2.81. The van der Waals surface area contributed by atoms with Gasteiger partial charge in [0.25, 0.3) is 0 Å². The lowest BCUT2D eigenvalue weighted by atomic mass is 10.3. The third-order valence-corrected chi connectivity index (χ3v) is 5.75. The van der Waals surface area contributed by atoms with Crippen molar-refractivity contribution in [3.63, 3.8) is 0 Å². The molecular formula is C14H15FN2O2S2. The van der Waals surface area contributed by atoms with Crippen molar-refractivity contribution in [1.82, 2.24) is 4.31 Å². The van der Waals surface area contributed by atoms with Crippen LogP contribution in [0.3, 0.4) is 0 Å². The Morgan fingerprint density at radius 2 is 1.81 bits per heavy atom. The first kappa shape index (κ1) is 15.8. The van der Waals surface area contributed by atoms with Crippen LogP contribution < -0.4 is 5.73 Å². The van der Waals surface area contributed by atoms with Crippen LogP contribution in [0, 0.1) is 5.82 Å². The minimum Gasteiger partial charge on any atom is -0.397 e. The van der Waals surface area contributed by atoms with Gasteiger partial charge in [0.15, 0.2) is 0 Å². The third kappa shape index (κ3) is 3.37. The average Bonchev–Trinajstić information content (AvgIpc) is 2.41. The molecule has 0 aliphatic heterocycles. The van der Waals surface area contributed by atoms with Crippen molar-refractivity contribution in [2.75, 3.05) is 19.8 Å². The molecule has 0 atom stereocenters. The quantitative estimate of drug-likeness (QED) is 0.878. The standard InChI is InChI=1S/C14H15FN2O2S2/c1-17(2)21(18,19)13-8-4-7-12(14(13)16)20-11-6-3-5-10(15)9-11/h3-9H,16H2,1-2H3. The van der Waals surface area contributed by atoms with Crippen molar-refractivity contribution in [2.24, 2.45) is 0 Å². The van der Waals surface area contributed by atoms with Gasteiger partial charge in [0, 0.05) is 23.9 Å². The second-order valence-electron chi connectivity index (χ2n) is 4.51. The minimum absolute atomic E-state index is 0.0499. The first-order chi connectivity index (χ1) is 9.82. The summed E-state index contributed by atoms with van der Waals surface area (Å²) >= 11 is 1.22. The molecule has 0 aliphatic rings. The van der Waals surface area contributed by atoms with E-state index in [-0.39, 0.29) is 16.4 Å². The van der Waals surface area contributed by atoms with Gasteiger partial charge in [-0.1, -0.05) is 23.9 Å². The van der Waals surface area contributed by atoms with Crippen molar-refractivity contribution in [3.05, 3.63) is 48.3 Å². The molecule has 112 valence electrons. The van der Waals surface area contributed by atoms with Gasteiger partial charge in [-0.15, -0.1) is 0 Å². The van der Waals surface area contributed by atoms with E-state index in [9.17, 15) is 12.8 Å². The average molecular weight is 326 g/mol. The molecule has 2 aromatic carbocycles. The summed E-state index contributed by atoms with van der Waals surface area (Å²) in [5.74, 6) is -0.351. The van der Waals surface area contributed by atoms with Gasteiger partial charge in [-0.2, -0.15) is 0 Å². The molecule has 0 fully saturated rings. The van der Waals surface area contributed by atoms with Gasteiger partial charge in [0.2, 0.25) is 10.0 Å². The molecule has 0 heterocycles. The second kappa shape index (κ2) is 6.05. The Bertz CT molecular complexity index is 761. The van der Waals surface area contributed by atoms with Crippen molar-refractivity contribution < 1.29 is 12.8 Å². The van der Waals surface area contributed by atoms with E-state index in [0.29, 0.717) is 9.79 Å². The monoisotopic (exact) mass is 326 g/mol. The number of hydrogen-bond acceptors (Lipinski definition) is 4. The first-order valence-electron chi connectivity index (χ1n) is 6.07. The number of para-hydroxylation sites is 1. The summed E-state index contributed by atoms with van der Waals surface area (Å²) in [5.41, 5.74) is 6.14. The van der Waals surface area contributed by atoms with Crippen LogP contribution in [-0.4, -0.2) is 26.8 Å². The van der Waals surface area contributed by atoms with Crippen LogP contribution >= 0.6 is 11.8 Å². The number of anilines is 1. The largest absolute Gasteiger partial charge is 0.397 e. The Labute approximate surface area is 127 Å². The molecule has 0 saturated heterocycles. The van der Waals surface area contributed by atoms with Gasteiger partial charge in [-0.25, -0.2) is 17.1 Å². The molecule has 7 heteroatoms. The van der Waals surface area contributed by atoms with Gasteiger partial charge in [0.1, 0.15) is 10.7 Å². The molecule has 0 bridgehead atoms. The zero-order chi connectivity index (χ0) is 15.6. The van der Waals surface area contributed by atoms with Crippen LogP contribution in [0.4, 0.5) is 10.1 Å². The zero-order valence-electron chi connectivity index (χ0n) is 11.6. The number of benzene rings is 2. The molecular weight excluding hydrogens is 311 g/mol. The Morgan fingerprint density at radius 1 is 1.14 bits per heavy atom. The SMILES string of the molecule is CN(C)S(=O)(=O)c1cccc(Sc2cccc(F)c2)c1N. The molecule has 21 heavy (non-hydrogen) atoms. The van der Waals surface area contributed by atoms with Crippen molar-refractivity contribution in [3.8, 4) is 0 Å². The number of nitrogen functional groups attached to an aromatic ring is 1. The van der Waals surface area contributed by atoms with Crippen molar-refractivity contribution in [2.45, 2.75) is 14.7 Å². The number of hydrogen-bond donors (Lipinski definition) is 1. The fourth-order valence-corrected chi connectivity index (χ4v) is 3.73. The van der Waals surface area contributed by atoms with Gasteiger partial charge in [0.05, 0.1) is 5.69 Å². The molecule has 0 aromatic heterocycles. The third-order valence-electron chi connectivity index (χ3n) is 2.81. The molecule has 2 aromatic rings. The van der Waals surface area contributed by atoms with Gasteiger partial charge in [-0.3, -0.25) is 0 Å². The lowest BCUT2D eigenvalue weighted by Gasteiger charge is -2.15. The summed E-state index contributed by atoms with van der Waals surface area (Å²) in [6, 6.07) is 10.8. The van der Waals surface area contributed by atoms with E-state index in [2.05, 4.69) is 0 Å². The van der Waals surface area contributed by atoms with Gasteiger partial charge >= 0.3 is 0 Å². The number of nitrogens with two attached hydrogens (primary N) is 1. The van der Waals surface area contributed by atoms with Crippen molar-refractivity contribution in [1.29, 1.82) is 0 Å². The van der Waals surface area contributed by atoms with Crippen LogP contribution in [0.2, 0.25) is 0 Å². The molecule has 2 rings (SSSR count). The second-order valence-corrected chi connectivity index (χ2v) is 7.75. The molecule has 0 amide bonds. The highest BCUT2D eigenvalue weighted by Gasteiger charge is 2.21. The summed E-state index contributed by atoms with van der Waals surface area (Å²) in [4.78, 5) is 1.28. The lowest BCUT2D eigenvalue weighted by Crippen LogP contribution is -2.23. The van der Waals surface area contributed by atoms with E-state index >= 15 is 0 Å². The summed E-state index contributed by atoms with van der Waals surface area (Å²) in [5, 5.41) is 0. The fourth-order valence-electron chi connectivity index (χ4n) is 1.69. The smallest absolute Gasteiger partial charge is 0.244 e. The number of rotatable bonds is 4. The maximum absolute atomic E-state index is 13.2. The normalized spacial score (nSPS) is 11.8. The number of sulfonamides is 1. The van der Waals surface area contributed by atoms with Crippen LogP contribution in [0.15, 0.2) is 57.2 Å². The predicted molar refractivity (Wildman–Crippen MR) is 82.3 cm³/mol. The lowest BCUT2D eigenvalue weighted by molar-refractivity contribution is 0.521. The van der Waals surface area contributed by atoms with E-state index in [1.165, 1.54) is 44.1 Å². The number of nitrogens with zero attached hydrogens (tertiary/aromatic N) is 1. The van der Waals surface area contributed by atoms with Crippen LogP contribution in [0.5, 0.6) is 0 Å². The maximum atomic E-state index is 13.2. The highest BCUT2D eigenvalue weighted by molar-refractivity contribution is 7.99. The van der Waals surface area contributed by atoms with E-state index in [1.807, 2.05) is 0 Å². The van der Waals surface area contributed by atoms with Gasteiger partial charge < -0.3 is 5.73 Å². The van der Waals surface area contributed by atoms with E-state index in [0.717, 1.165) is 4.31 Å². The summed E-state index contributed by atoms with van der Waals surface area (Å²) in [7, 11) is -0.718. The molecule has 4 nitrogen and oxygen atoms in total. The highest BCUT2D eigenvalue weighted by atomic mass is 32.2.